The van der Waals surface area contributed by atoms with Crippen molar-refractivity contribution in [2.24, 2.45) is 0 Å². The Morgan fingerprint density at radius 1 is 1.10 bits per heavy atom. The van der Waals surface area contributed by atoms with Gasteiger partial charge in [-0.1, -0.05) is 38.6 Å². The number of fused-ring (bicyclic) bond motifs is 1. The molecule has 2 aromatic rings. The first-order chi connectivity index (χ1) is 14.6. The first-order valence-electron chi connectivity index (χ1n) is 10.1. The third kappa shape index (κ3) is 4.13. The van der Waals surface area contributed by atoms with Crippen molar-refractivity contribution in [3.8, 4) is 0 Å². The summed E-state index contributed by atoms with van der Waals surface area (Å²) in [5.41, 5.74) is 3.62. The van der Waals surface area contributed by atoms with Crippen molar-refractivity contribution in [2.75, 3.05) is 25.0 Å². The molecule has 0 saturated heterocycles. The van der Waals surface area contributed by atoms with Crippen molar-refractivity contribution in [2.45, 2.75) is 32.6 Å². The fraction of sp³-hybridized carbons (Fsp3) is 0.304. The number of carbonyl (C=O) groups excluding carboxylic acids is 2. The SMILES string of the molecule is C=C1c2ccccc2C(=O)N1CC(=O)Nc1cc(S(=O)(=O)N(CC)CC)cc(C)c1C. The van der Waals surface area contributed by atoms with E-state index in [0.717, 1.165) is 11.1 Å². The molecule has 8 heteroatoms. The van der Waals surface area contributed by atoms with Crippen molar-refractivity contribution in [3.63, 3.8) is 0 Å². The fourth-order valence-electron chi connectivity index (χ4n) is 3.65. The number of sulfonamides is 1. The number of hydrogen-bond donors (Lipinski definition) is 1. The Balaban J connectivity index is 1.85. The highest BCUT2D eigenvalue weighted by Crippen LogP contribution is 2.31. The largest absolute Gasteiger partial charge is 0.324 e. The maximum Gasteiger partial charge on any atom is 0.259 e. The summed E-state index contributed by atoms with van der Waals surface area (Å²) < 4.78 is 27.2. The minimum Gasteiger partial charge on any atom is -0.324 e. The molecule has 2 amide bonds. The van der Waals surface area contributed by atoms with Crippen LogP contribution in [0.3, 0.4) is 0 Å². The zero-order valence-electron chi connectivity index (χ0n) is 18.2. The van der Waals surface area contributed by atoms with Crippen molar-refractivity contribution >= 4 is 33.2 Å². The summed E-state index contributed by atoms with van der Waals surface area (Å²) in [7, 11) is -3.67. The minimum atomic E-state index is -3.67. The Bertz CT molecular complexity index is 1130. The van der Waals surface area contributed by atoms with Crippen molar-refractivity contribution in [1.29, 1.82) is 0 Å². The van der Waals surface area contributed by atoms with Gasteiger partial charge in [0.2, 0.25) is 15.9 Å². The van der Waals surface area contributed by atoms with Gasteiger partial charge in [0.15, 0.2) is 0 Å². The van der Waals surface area contributed by atoms with E-state index in [9.17, 15) is 18.0 Å². The average molecular weight is 442 g/mol. The van der Waals surface area contributed by atoms with E-state index < -0.39 is 15.9 Å². The number of benzene rings is 2. The quantitative estimate of drug-likeness (QED) is 0.713. The Morgan fingerprint density at radius 2 is 1.71 bits per heavy atom. The molecular weight excluding hydrogens is 414 g/mol. The average Bonchev–Trinajstić information content (AvgIpc) is 2.97. The predicted octanol–water partition coefficient (Wildman–Crippen LogP) is 3.40. The lowest BCUT2D eigenvalue weighted by atomic mass is 10.1. The van der Waals surface area contributed by atoms with Crippen molar-refractivity contribution in [3.05, 3.63) is 65.2 Å². The smallest absolute Gasteiger partial charge is 0.259 e. The molecule has 0 fully saturated rings. The summed E-state index contributed by atoms with van der Waals surface area (Å²) in [5.74, 6) is -0.705. The summed E-state index contributed by atoms with van der Waals surface area (Å²) in [5, 5.41) is 2.78. The van der Waals surface area contributed by atoms with Gasteiger partial charge in [-0.25, -0.2) is 8.42 Å². The van der Waals surface area contributed by atoms with Gasteiger partial charge in [0, 0.05) is 35.6 Å². The summed E-state index contributed by atoms with van der Waals surface area (Å²) in [6.45, 7) is 11.6. The molecule has 0 atom stereocenters. The molecule has 7 nitrogen and oxygen atoms in total. The second kappa shape index (κ2) is 8.64. The number of carbonyl (C=O) groups is 2. The molecule has 0 radical (unpaired) electrons. The second-order valence-corrected chi connectivity index (χ2v) is 9.37. The van der Waals surface area contributed by atoms with Crippen LogP contribution < -0.4 is 5.32 Å². The van der Waals surface area contributed by atoms with E-state index in [4.69, 9.17) is 0 Å². The molecule has 0 aliphatic carbocycles. The lowest BCUT2D eigenvalue weighted by Gasteiger charge is -2.21. The Labute approximate surface area is 183 Å². The lowest BCUT2D eigenvalue weighted by molar-refractivity contribution is -0.116. The summed E-state index contributed by atoms with van der Waals surface area (Å²) in [6, 6.07) is 10.2. The van der Waals surface area contributed by atoms with Crippen LogP contribution in [-0.4, -0.2) is 49.1 Å². The number of aryl methyl sites for hydroxylation is 1. The number of hydrogen-bond acceptors (Lipinski definition) is 4. The van der Waals surface area contributed by atoms with Gasteiger partial charge in [0.1, 0.15) is 6.54 Å². The second-order valence-electron chi connectivity index (χ2n) is 7.43. The van der Waals surface area contributed by atoms with E-state index >= 15 is 0 Å². The van der Waals surface area contributed by atoms with E-state index in [1.165, 1.54) is 15.3 Å². The van der Waals surface area contributed by atoms with E-state index in [1.807, 2.05) is 13.0 Å². The summed E-state index contributed by atoms with van der Waals surface area (Å²) in [6.07, 6.45) is 0. The van der Waals surface area contributed by atoms with Gasteiger partial charge in [-0.15, -0.1) is 0 Å². The van der Waals surface area contributed by atoms with Crippen LogP contribution >= 0.6 is 0 Å². The molecule has 0 unspecified atom stereocenters. The zero-order valence-corrected chi connectivity index (χ0v) is 19.0. The molecular formula is C23H27N3O4S. The summed E-state index contributed by atoms with van der Waals surface area (Å²) in [4.78, 5) is 26.9. The summed E-state index contributed by atoms with van der Waals surface area (Å²) >= 11 is 0. The Morgan fingerprint density at radius 3 is 2.29 bits per heavy atom. The number of nitrogens with zero attached hydrogens (tertiary/aromatic N) is 2. The maximum atomic E-state index is 12.9. The van der Waals surface area contributed by atoms with Crippen LogP contribution in [0.1, 0.15) is 40.9 Å². The molecule has 0 bridgehead atoms. The maximum absolute atomic E-state index is 12.9. The third-order valence-corrected chi connectivity index (χ3v) is 7.63. The van der Waals surface area contributed by atoms with Crippen LogP contribution in [0, 0.1) is 13.8 Å². The Hall–Kier alpha value is -2.97. The molecule has 0 aromatic heterocycles. The van der Waals surface area contributed by atoms with Crippen LogP contribution in [0.4, 0.5) is 5.69 Å². The standard InChI is InChI=1S/C23H27N3O4S/c1-6-25(7-2)31(29,30)18-12-15(3)16(4)21(13-18)24-22(27)14-26-17(5)19-10-8-9-11-20(19)23(26)28/h8-13H,5-7,14H2,1-4H3,(H,24,27). The Kier molecular flexibility index (Phi) is 6.33. The van der Waals surface area contributed by atoms with Crippen LogP contribution in [0.15, 0.2) is 47.9 Å². The van der Waals surface area contributed by atoms with E-state index in [2.05, 4.69) is 11.9 Å². The third-order valence-electron chi connectivity index (χ3n) is 5.60. The molecule has 164 valence electrons. The van der Waals surface area contributed by atoms with E-state index in [0.29, 0.717) is 35.6 Å². The number of nitrogens with one attached hydrogen (secondary N) is 1. The van der Waals surface area contributed by atoms with Crippen LogP contribution in [0.25, 0.3) is 5.70 Å². The number of amides is 2. The van der Waals surface area contributed by atoms with E-state index in [1.54, 1.807) is 45.0 Å². The molecule has 2 aromatic carbocycles. The molecule has 31 heavy (non-hydrogen) atoms. The molecule has 0 spiro atoms. The predicted molar refractivity (Wildman–Crippen MR) is 121 cm³/mol. The first kappa shape index (κ1) is 22.7. The van der Waals surface area contributed by atoms with Crippen LogP contribution in [0.2, 0.25) is 0 Å². The van der Waals surface area contributed by atoms with Gasteiger partial charge in [-0.3, -0.25) is 14.5 Å². The number of anilines is 1. The van der Waals surface area contributed by atoms with Gasteiger partial charge in [0.05, 0.1) is 4.90 Å². The molecule has 1 aliphatic rings. The van der Waals surface area contributed by atoms with Crippen molar-refractivity contribution < 1.29 is 18.0 Å². The highest BCUT2D eigenvalue weighted by atomic mass is 32.2. The topological polar surface area (TPSA) is 86.8 Å². The monoisotopic (exact) mass is 441 g/mol. The highest BCUT2D eigenvalue weighted by Gasteiger charge is 2.32. The van der Waals surface area contributed by atoms with Crippen LogP contribution in [-0.2, 0) is 14.8 Å². The van der Waals surface area contributed by atoms with Gasteiger partial charge in [-0.05, 0) is 43.2 Å². The first-order valence-corrected chi connectivity index (χ1v) is 11.6. The molecule has 1 N–H and O–H groups in total. The normalized spacial score (nSPS) is 13.6. The van der Waals surface area contributed by atoms with Gasteiger partial charge >= 0.3 is 0 Å². The zero-order chi connectivity index (χ0) is 22.9. The molecule has 1 heterocycles. The molecule has 1 aliphatic heterocycles. The fourth-order valence-corrected chi connectivity index (χ4v) is 5.22. The molecule has 0 saturated carbocycles. The minimum absolute atomic E-state index is 0.128. The van der Waals surface area contributed by atoms with E-state index in [-0.39, 0.29) is 17.3 Å². The van der Waals surface area contributed by atoms with Gasteiger partial charge < -0.3 is 5.32 Å². The highest BCUT2D eigenvalue weighted by molar-refractivity contribution is 7.89. The van der Waals surface area contributed by atoms with Gasteiger partial charge in [0.25, 0.3) is 5.91 Å². The lowest BCUT2D eigenvalue weighted by Crippen LogP contribution is -2.33. The van der Waals surface area contributed by atoms with Crippen LogP contribution in [0.5, 0.6) is 0 Å². The number of rotatable bonds is 7. The van der Waals surface area contributed by atoms with Crippen molar-refractivity contribution in [1.82, 2.24) is 9.21 Å². The van der Waals surface area contributed by atoms with Gasteiger partial charge in [-0.2, -0.15) is 4.31 Å². The molecule has 3 rings (SSSR count).